The zero-order valence-corrected chi connectivity index (χ0v) is 15.7. The van der Waals surface area contributed by atoms with Crippen LogP contribution in [0.4, 0.5) is 0 Å². The Kier molecular flexibility index (Phi) is 6.66. The molecule has 1 heterocycles. The Bertz CT molecular complexity index is 741. The van der Waals surface area contributed by atoms with Crippen LogP contribution in [-0.4, -0.2) is 23.0 Å². The van der Waals surface area contributed by atoms with Crippen molar-refractivity contribution in [2.45, 2.75) is 56.5 Å². The van der Waals surface area contributed by atoms with Crippen molar-refractivity contribution in [1.29, 1.82) is 0 Å². The number of amides is 1. The number of carbonyl (C=O) groups is 1. The quantitative estimate of drug-likeness (QED) is 0.845. The highest BCUT2D eigenvalue weighted by atomic mass is 35.5. The van der Waals surface area contributed by atoms with E-state index < -0.39 is 0 Å². The monoisotopic (exact) mass is 381 g/mol. The molecule has 0 unspecified atom stereocenters. The molecular formula is C19H25Cl2N3O. The summed E-state index contributed by atoms with van der Waals surface area (Å²) in [6.07, 6.45) is 6.32. The molecule has 0 aliphatic heterocycles. The van der Waals surface area contributed by atoms with Gasteiger partial charge >= 0.3 is 0 Å². The normalized spacial score (nSPS) is 22.6. The van der Waals surface area contributed by atoms with Crippen molar-refractivity contribution in [3.63, 3.8) is 0 Å². The Hall–Kier alpha value is -1.36. The molecule has 25 heavy (non-hydrogen) atoms. The van der Waals surface area contributed by atoms with E-state index in [1.807, 2.05) is 30.3 Å². The van der Waals surface area contributed by atoms with Crippen LogP contribution in [0.25, 0.3) is 10.9 Å². The minimum absolute atomic E-state index is 0. The van der Waals surface area contributed by atoms with Crippen molar-refractivity contribution in [1.82, 2.24) is 10.3 Å². The predicted molar refractivity (Wildman–Crippen MR) is 106 cm³/mol. The highest BCUT2D eigenvalue weighted by Gasteiger charge is 2.27. The fraction of sp³-hybridized carbons (Fsp3) is 0.474. The van der Waals surface area contributed by atoms with Crippen LogP contribution < -0.4 is 11.1 Å². The van der Waals surface area contributed by atoms with Crippen LogP contribution in [0.2, 0.25) is 0 Å². The lowest BCUT2D eigenvalue weighted by molar-refractivity contribution is 0.0927. The number of aromatic nitrogens is 1. The molecule has 0 atom stereocenters. The molecular weight excluding hydrogens is 357 g/mol. The molecule has 4 nitrogen and oxygen atoms in total. The van der Waals surface area contributed by atoms with Gasteiger partial charge in [-0.3, -0.25) is 9.78 Å². The number of halogens is 2. The van der Waals surface area contributed by atoms with Crippen LogP contribution in [-0.2, 0) is 0 Å². The van der Waals surface area contributed by atoms with Crippen LogP contribution in [0.5, 0.6) is 0 Å². The number of carbonyl (C=O) groups excluding carboxylic acids is 1. The van der Waals surface area contributed by atoms with E-state index in [0.29, 0.717) is 12.0 Å². The summed E-state index contributed by atoms with van der Waals surface area (Å²) in [6, 6.07) is 10.5. The van der Waals surface area contributed by atoms with Crippen molar-refractivity contribution < 1.29 is 4.79 Å². The molecule has 4 rings (SSSR count). The molecule has 0 spiro atoms. The SMILES string of the molecule is Cl.Cl.NC1CCC(NC(=O)c2cc(C3CC3)nc3ccccc23)CC1. The molecule has 2 fully saturated rings. The summed E-state index contributed by atoms with van der Waals surface area (Å²) < 4.78 is 0. The van der Waals surface area contributed by atoms with Gasteiger partial charge in [-0.15, -0.1) is 24.8 Å². The average molecular weight is 382 g/mol. The Labute approximate surface area is 160 Å². The molecule has 0 bridgehead atoms. The number of nitrogens with one attached hydrogen (secondary N) is 1. The summed E-state index contributed by atoms with van der Waals surface area (Å²) in [7, 11) is 0. The Balaban J connectivity index is 0.00000113. The van der Waals surface area contributed by atoms with Crippen LogP contribution >= 0.6 is 24.8 Å². The molecule has 1 amide bonds. The summed E-state index contributed by atoms with van der Waals surface area (Å²) in [4.78, 5) is 17.6. The van der Waals surface area contributed by atoms with Crippen LogP contribution in [0.3, 0.4) is 0 Å². The Morgan fingerprint density at radius 3 is 2.40 bits per heavy atom. The molecule has 1 aromatic heterocycles. The van der Waals surface area contributed by atoms with Crippen molar-refractivity contribution in [2.24, 2.45) is 5.73 Å². The van der Waals surface area contributed by atoms with Crippen LogP contribution in [0.1, 0.15) is 60.5 Å². The van der Waals surface area contributed by atoms with E-state index in [4.69, 9.17) is 10.7 Å². The van der Waals surface area contributed by atoms with Gasteiger partial charge in [0.2, 0.25) is 0 Å². The van der Waals surface area contributed by atoms with Gasteiger partial charge in [0, 0.05) is 29.1 Å². The van der Waals surface area contributed by atoms with Crippen molar-refractivity contribution in [2.75, 3.05) is 0 Å². The first-order chi connectivity index (χ1) is 11.2. The van der Waals surface area contributed by atoms with Gasteiger partial charge < -0.3 is 11.1 Å². The molecule has 136 valence electrons. The third-order valence-electron chi connectivity index (χ3n) is 5.08. The van der Waals surface area contributed by atoms with Gasteiger partial charge in [0.15, 0.2) is 0 Å². The van der Waals surface area contributed by atoms with Gasteiger partial charge in [-0.05, 0) is 50.7 Å². The topological polar surface area (TPSA) is 68.0 Å². The lowest BCUT2D eigenvalue weighted by atomic mass is 9.91. The number of para-hydroxylation sites is 1. The molecule has 3 N–H and O–H groups in total. The highest BCUT2D eigenvalue weighted by Crippen LogP contribution is 2.40. The minimum atomic E-state index is 0. The first-order valence-corrected chi connectivity index (χ1v) is 8.67. The maximum Gasteiger partial charge on any atom is 0.252 e. The molecule has 2 saturated carbocycles. The van der Waals surface area contributed by atoms with Gasteiger partial charge in [-0.25, -0.2) is 0 Å². The zero-order chi connectivity index (χ0) is 15.8. The van der Waals surface area contributed by atoms with Crippen molar-refractivity contribution in [3.8, 4) is 0 Å². The second kappa shape index (κ2) is 8.35. The fourth-order valence-corrected chi connectivity index (χ4v) is 3.50. The number of fused-ring (bicyclic) bond motifs is 1. The van der Waals surface area contributed by atoms with Gasteiger partial charge in [0.1, 0.15) is 0 Å². The summed E-state index contributed by atoms with van der Waals surface area (Å²) in [6.45, 7) is 0. The van der Waals surface area contributed by atoms with E-state index in [2.05, 4.69) is 5.32 Å². The smallest absolute Gasteiger partial charge is 0.252 e. The minimum Gasteiger partial charge on any atom is -0.349 e. The van der Waals surface area contributed by atoms with E-state index in [-0.39, 0.29) is 36.8 Å². The molecule has 2 aliphatic rings. The van der Waals surface area contributed by atoms with E-state index in [1.165, 1.54) is 12.8 Å². The number of pyridine rings is 1. The summed E-state index contributed by atoms with van der Waals surface area (Å²) in [5.74, 6) is 0.574. The first kappa shape index (κ1) is 20.0. The average Bonchev–Trinajstić information content (AvgIpc) is 3.41. The van der Waals surface area contributed by atoms with Crippen molar-refractivity contribution in [3.05, 3.63) is 41.6 Å². The summed E-state index contributed by atoms with van der Waals surface area (Å²) in [5.41, 5.74) is 8.72. The van der Waals surface area contributed by atoms with E-state index in [0.717, 1.165) is 47.8 Å². The molecule has 6 heteroatoms. The summed E-state index contributed by atoms with van der Waals surface area (Å²) in [5, 5.41) is 4.16. The largest absolute Gasteiger partial charge is 0.349 e. The third-order valence-corrected chi connectivity index (χ3v) is 5.08. The Morgan fingerprint density at radius 1 is 1.04 bits per heavy atom. The number of nitrogens with two attached hydrogens (primary N) is 1. The fourth-order valence-electron chi connectivity index (χ4n) is 3.50. The number of hydrogen-bond donors (Lipinski definition) is 2. The van der Waals surface area contributed by atoms with Gasteiger partial charge in [-0.1, -0.05) is 18.2 Å². The number of rotatable bonds is 3. The van der Waals surface area contributed by atoms with Crippen LogP contribution in [0, 0.1) is 0 Å². The molecule has 2 aliphatic carbocycles. The Morgan fingerprint density at radius 2 is 1.72 bits per heavy atom. The lowest BCUT2D eigenvalue weighted by Gasteiger charge is -2.27. The van der Waals surface area contributed by atoms with Gasteiger partial charge in [0.25, 0.3) is 5.91 Å². The van der Waals surface area contributed by atoms with E-state index in [1.54, 1.807) is 0 Å². The van der Waals surface area contributed by atoms with E-state index >= 15 is 0 Å². The molecule has 2 aromatic rings. The number of nitrogens with zero attached hydrogens (tertiary/aromatic N) is 1. The molecule has 1 aromatic carbocycles. The standard InChI is InChI=1S/C19H23N3O.2ClH/c20-13-7-9-14(10-8-13)21-19(23)16-11-18(12-5-6-12)22-17-4-2-1-3-15(16)17;;/h1-4,11-14H,5-10,20H2,(H,21,23);2*1H. The number of hydrogen-bond acceptors (Lipinski definition) is 3. The maximum atomic E-state index is 12.8. The highest BCUT2D eigenvalue weighted by molar-refractivity contribution is 6.06. The second-order valence-corrected chi connectivity index (χ2v) is 6.97. The lowest BCUT2D eigenvalue weighted by Crippen LogP contribution is -2.40. The summed E-state index contributed by atoms with van der Waals surface area (Å²) >= 11 is 0. The second-order valence-electron chi connectivity index (χ2n) is 6.97. The first-order valence-electron chi connectivity index (χ1n) is 8.67. The maximum absolute atomic E-state index is 12.8. The van der Waals surface area contributed by atoms with Crippen LogP contribution in [0.15, 0.2) is 30.3 Å². The zero-order valence-electron chi connectivity index (χ0n) is 14.1. The van der Waals surface area contributed by atoms with Gasteiger partial charge in [0.05, 0.1) is 11.1 Å². The van der Waals surface area contributed by atoms with Crippen molar-refractivity contribution >= 4 is 41.6 Å². The third kappa shape index (κ3) is 4.43. The molecule has 0 saturated heterocycles. The predicted octanol–water partition coefficient (Wildman–Crippen LogP) is 3.96. The van der Waals surface area contributed by atoms with E-state index in [9.17, 15) is 4.79 Å². The number of benzene rings is 1. The molecule has 0 radical (unpaired) electrons. The van der Waals surface area contributed by atoms with Gasteiger partial charge in [-0.2, -0.15) is 0 Å².